The third kappa shape index (κ3) is 3.61. The highest BCUT2D eigenvalue weighted by atomic mass is 16.7. The maximum atomic E-state index is 13.4. The van der Waals surface area contributed by atoms with Gasteiger partial charge in [-0.25, -0.2) is 4.98 Å². The number of nitrogens with zero attached hydrogens (tertiary/aromatic N) is 3. The molecule has 29 heavy (non-hydrogen) atoms. The average Bonchev–Trinajstić information content (AvgIpc) is 3.34. The summed E-state index contributed by atoms with van der Waals surface area (Å²) in [5.41, 5.74) is 3.19. The van der Waals surface area contributed by atoms with E-state index in [9.17, 15) is 4.79 Å². The molecule has 3 aromatic rings. The molecule has 0 N–H and O–H groups in total. The number of fused-ring (bicyclic) bond motifs is 1. The number of para-hydroxylation sites is 1. The van der Waals surface area contributed by atoms with E-state index in [0.29, 0.717) is 37.8 Å². The number of rotatable bonds is 3. The number of amides is 1. The van der Waals surface area contributed by atoms with Gasteiger partial charge >= 0.3 is 0 Å². The molecular formula is C23H23N3O3. The zero-order valence-electron chi connectivity index (χ0n) is 16.2. The predicted octanol–water partition coefficient (Wildman–Crippen LogP) is 3.52. The van der Waals surface area contributed by atoms with Gasteiger partial charge in [-0.3, -0.25) is 9.78 Å². The number of pyridine rings is 2. The lowest BCUT2D eigenvalue weighted by Gasteiger charge is -2.34. The van der Waals surface area contributed by atoms with Crippen LogP contribution in [0.2, 0.25) is 0 Å². The fourth-order valence-corrected chi connectivity index (χ4v) is 4.21. The lowest BCUT2D eigenvalue weighted by atomic mass is 9.95. The van der Waals surface area contributed by atoms with Crippen molar-refractivity contribution in [3.63, 3.8) is 0 Å². The van der Waals surface area contributed by atoms with Crippen molar-refractivity contribution < 1.29 is 14.3 Å². The molecule has 0 atom stereocenters. The van der Waals surface area contributed by atoms with Crippen molar-refractivity contribution in [3.05, 3.63) is 60.4 Å². The summed E-state index contributed by atoms with van der Waals surface area (Å²) < 4.78 is 11.3. The minimum absolute atomic E-state index is 0.0560. The van der Waals surface area contributed by atoms with E-state index in [4.69, 9.17) is 14.5 Å². The van der Waals surface area contributed by atoms with E-state index in [1.165, 1.54) is 0 Å². The molecule has 6 nitrogen and oxygen atoms in total. The molecule has 1 amide bonds. The minimum Gasteiger partial charge on any atom is -0.350 e. The molecule has 0 aliphatic carbocycles. The molecule has 4 heterocycles. The zero-order valence-corrected chi connectivity index (χ0v) is 16.2. The van der Waals surface area contributed by atoms with Crippen LogP contribution in [-0.4, -0.2) is 53.4 Å². The number of likely N-dealkylation sites (tertiary alicyclic amines) is 1. The second-order valence-electron chi connectivity index (χ2n) is 7.55. The third-order valence-electron chi connectivity index (χ3n) is 5.76. The number of hydrogen-bond donors (Lipinski definition) is 0. The Morgan fingerprint density at radius 3 is 2.59 bits per heavy atom. The van der Waals surface area contributed by atoms with Gasteiger partial charge in [0, 0.05) is 42.4 Å². The fraction of sp³-hybridized carbons (Fsp3) is 0.348. The first kappa shape index (κ1) is 18.2. The molecule has 0 radical (unpaired) electrons. The van der Waals surface area contributed by atoms with E-state index in [1.54, 1.807) is 12.4 Å². The van der Waals surface area contributed by atoms with Gasteiger partial charge < -0.3 is 14.4 Å². The summed E-state index contributed by atoms with van der Waals surface area (Å²) in [5.74, 6) is 0.419. The summed E-state index contributed by atoms with van der Waals surface area (Å²) in [6.07, 6.45) is 5.20. The first-order valence-corrected chi connectivity index (χ1v) is 10.1. The third-order valence-corrected chi connectivity index (χ3v) is 5.76. The topological polar surface area (TPSA) is 64.6 Å². The van der Waals surface area contributed by atoms with E-state index >= 15 is 0 Å². The number of carbonyl (C=O) groups excluding carboxylic acids is 1. The van der Waals surface area contributed by atoms with Gasteiger partial charge in [0.15, 0.2) is 6.29 Å². The van der Waals surface area contributed by atoms with E-state index in [0.717, 1.165) is 35.0 Å². The monoisotopic (exact) mass is 389 g/mol. The zero-order chi connectivity index (χ0) is 19.6. The molecule has 2 aliphatic rings. The lowest BCUT2D eigenvalue weighted by Crippen LogP contribution is -2.41. The average molecular weight is 389 g/mol. The van der Waals surface area contributed by atoms with Gasteiger partial charge in [-0.15, -0.1) is 0 Å². The summed E-state index contributed by atoms with van der Waals surface area (Å²) in [6.45, 7) is 2.77. The molecule has 1 aromatic carbocycles. The summed E-state index contributed by atoms with van der Waals surface area (Å²) in [6, 6.07) is 13.6. The van der Waals surface area contributed by atoms with Crippen molar-refractivity contribution in [1.29, 1.82) is 0 Å². The van der Waals surface area contributed by atoms with Gasteiger partial charge in [0.05, 0.1) is 30.0 Å². The number of hydrogen-bond acceptors (Lipinski definition) is 5. The quantitative estimate of drug-likeness (QED) is 0.686. The second kappa shape index (κ2) is 7.89. The van der Waals surface area contributed by atoms with E-state index in [2.05, 4.69) is 4.98 Å². The van der Waals surface area contributed by atoms with Crippen LogP contribution in [-0.2, 0) is 9.47 Å². The Morgan fingerprint density at radius 2 is 1.83 bits per heavy atom. The van der Waals surface area contributed by atoms with Gasteiger partial charge in [0.1, 0.15) is 0 Å². The molecule has 6 heteroatoms. The maximum Gasteiger partial charge on any atom is 0.254 e. The van der Waals surface area contributed by atoms with Crippen molar-refractivity contribution in [2.75, 3.05) is 26.3 Å². The smallest absolute Gasteiger partial charge is 0.254 e. The van der Waals surface area contributed by atoms with Crippen molar-refractivity contribution in [3.8, 4) is 11.3 Å². The van der Waals surface area contributed by atoms with Gasteiger partial charge in [-0.05, 0) is 37.1 Å². The lowest BCUT2D eigenvalue weighted by molar-refractivity contribution is -0.0956. The Hall–Kier alpha value is -2.83. The van der Waals surface area contributed by atoms with Gasteiger partial charge in [0.25, 0.3) is 5.91 Å². The van der Waals surface area contributed by atoms with Crippen LogP contribution in [0, 0.1) is 5.92 Å². The second-order valence-corrected chi connectivity index (χ2v) is 7.55. The number of ether oxygens (including phenoxy) is 2. The first-order chi connectivity index (χ1) is 14.3. The molecule has 2 saturated heterocycles. The minimum atomic E-state index is -0.105. The summed E-state index contributed by atoms with van der Waals surface area (Å²) in [5, 5.41) is 0.884. The number of carbonyl (C=O) groups is 1. The number of piperidine rings is 1. The maximum absolute atomic E-state index is 13.4. The van der Waals surface area contributed by atoms with Crippen LogP contribution in [0.4, 0.5) is 0 Å². The summed E-state index contributed by atoms with van der Waals surface area (Å²) >= 11 is 0. The van der Waals surface area contributed by atoms with Crippen LogP contribution in [0.3, 0.4) is 0 Å². The summed E-state index contributed by atoms with van der Waals surface area (Å²) in [7, 11) is 0. The van der Waals surface area contributed by atoms with Crippen LogP contribution in [0.1, 0.15) is 23.2 Å². The molecular weight excluding hydrogens is 366 g/mol. The number of benzene rings is 1. The predicted molar refractivity (Wildman–Crippen MR) is 109 cm³/mol. The van der Waals surface area contributed by atoms with Crippen LogP contribution < -0.4 is 0 Å². The number of aromatic nitrogens is 2. The largest absolute Gasteiger partial charge is 0.350 e. The summed E-state index contributed by atoms with van der Waals surface area (Å²) in [4.78, 5) is 24.3. The molecule has 2 fully saturated rings. The SMILES string of the molecule is O=C(c1cc(-c2cccnc2)nc2ccccc12)N1CCC(C2OCCO2)CC1. The Kier molecular flexibility index (Phi) is 4.96. The van der Waals surface area contributed by atoms with E-state index < -0.39 is 0 Å². The van der Waals surface area contributed by atoms with Gasteiger partial charge in [-0.2, -0.15) is 0 Å². The van der Waals surface area contributed by atoms with Crippen LogP contribution in [0.25, 0.3) is 22.2 Å². The van der Waals surface area contributed by atoms with Crippen LogP contribution in [0.5, 0.6) is 0 Å². The molecule has 2 aliphatic heterocycles. The highest BCUT2D eigenvalue weighted by Gasteiger charge is 2.32. The van der Waals surface area contributed by atoms with E-state index in [-0.39, 0.29) is 12.2 Å². The molecule has 148 valence electrons. The van der Waals surface area contributed by atoms with Crippen molar-refractivity contribution in [2.24, 2.45) is 5.92 Å². The van der Waals surface area contributed by atoms with Gasteiger partial charge in [-0.1, -0.05) is 18.2 Å². The van der Waals surface area contributed by atoms with Gasteiger partial charge in [0.2, 0.25) is 0 Å². The van der Waals surface area contributed by atoms with Crippen LogP contribution >= 0.6 is 0 Å². The standard InChI is InChI=1S/C23H23N3O3/c27-22(26-10-7-16(8-11-26)23-28-12-13-29-23)19-14-21(17-4-3-9-24-15-17)25-20-6-2-1-5-18(19)20/h1-6,9,14-16,23H,7-8,10-13H2. The highest BCUT2D eigenvalue weighted by Crippen LogP contribution is 2.29. The Bertz CT molecular complexity index is 1010. The Labute approximate surface area is 169 Å². The first-order valence-electron chi connectivity index (χ1n) is 10.1. The molecule has 0 unspecified atom stereocenters. The molecule has 0 saturated carbocycles. The molecule has 0 spiro atoms. The van der Waals surface area contributed by atoms with Crippen molar-refractivity contribution >= 4 is 16.8 Å². The molecule has 5 rings (SSSR count). The van der Waals surface area contributed by atoms with E-state index in [1.807, 2.05) is 47.4 Å². The molecule has 0 bridgehead atoms. The van der Waals surface area contributed by atoms with Crippen molar-refractivity contribution in [1.82, 2.24) is 14.9 Å². The molecule has 2 aromatic heterocycles. The van der Waals surface area contributed by atoms with Crippen LogP contribution in [0.15, 0.2) is 54.9 Å². The highest BCUT2D eigenvalue weighted by molar-refractivity contribution is 6.07. The normalized spacial score (nSPS) is 18.4. The Balaban J connectivity index is 1.44. The fourth-order valence-electron chi connectivity index (χ4n) is 4.21. The van der Waals surface area contributed by atoms with Crippen molar-refractivity contribution in [2.45, 2.75) is 19.1 Å². The Morgan fingerprint density at radius 1 is 1.03 bits per heavy atom.